The van der Waals surface area contributed by atoms with Crippen LogP contribution in [-0.4, -0.2) is 0 Å². The van der Waals surface area contributed by atoms with Gasteiger partial charge in [0.25, 0.3) is 0 Å². The van der Waals surface area contributed by atoms with Crippen molar-refractivity contribution in [1.82, 2.24) is 0 Å². The van der Waals surface area contributed by atoms with Gasteiger partial charge in [0.15, 0.2) is 0 Å². The highest BCUT2D eigenvalue weighted by atomic mass is 19.3. The fraction of sp³-hybridized carbons (Fsp3) is 0.389. The van der Waals surface area contributed by atoms with E-state index in [1.54, 1.807) is 0 Å². The molecule has 0 saturated carbocycles. The van der Waals surface area contributed by atoms with Crippen LogP contribution in [0.25, 0.3) is 10.8 Å². The van der Waals surface area contributed by atoms with Crippen LogP contribution in [0, 0.1) is 6.43 Å². The number of benzene rings is 2. The smallest absolute Gasteiger partial charge is 0.200 e. The van der Waals surface area contributed by atoms with E-state index in [1.165, 1.54) is 16.3 Å². The van der Waals surface area contributed by atoms with Crippen LogP contribution in [0.15, 0.2) is 42.5 Å². The normalized spacial score (nSPS) is 11.3. The number of hydrogen-bond acceptors (Lipinski definition) is 0. The molecule has 0 bridgehead atoms. The van der Waals surface area contributed by atoms with Crippen molar-refractivity contribution in [3.05, 3.63) is 54.5 Å². The highest BCUT2D eigenvalue weighted by Gasteiger charge is 2.04. The number of hydrogen-bond donors (Lipinski definition) is 0. The second kappa shape index (κ2) is 7.98. The van der Waals surface area contributed by atoms with Crippen molar-refractivity contribution in [3.63, 3.8) is 0 Å². The molecule has 2 aromatic carbocycles. The van der Waals surface area contributed by atoms with Crippen molar-refractivity contribution in [2.45, 2.75) is 44.9 Å². The molecular weight excluding hydrogens is 254 g/mol. The Kier molecular flexibility index (Phi) is 5.97. The molecule has 1 radical (unpaired) electrons. The zero-order valence-corrected chi connectivity index (χ0v) is 11.7. The van der Waals surface area contributed by atoms with Crippen molar-refractivity contribution in [2.24, 2.45) is 0 Å². The topological polar surface area (TPSA) is 0 Å². The zero-order chi connectivity index (χ0) is 14.2. The summed E-state index contributed by atoms with van der Waals surface area (Å²) in [7, 11) is 0. The molecule has 0 amide bonds. The van der Waals surface area contributed by atoms with E-state index in [0.29, 0.717) is 6.42 Å². The molecule has 107 valence electrons. The molecule has 0 aliphatic heterocycles. The van der Waals surface area contributed by atoms with Crippen molar-refractivity contribution in [2.75, 3.05) is 0 Å². The Balaban J connectivity index is 1.73. The average Bonchev–Trinajstić information content (AvgIpc) is 2.46. The van der Waals surface area contributed by atoms with Gasteiger partial charge in [0.05, 0.1) is 0 Å². The van der Waals surface area contributed by atoms with Crippen LogP contribution in [0.3, 0.4) is 0 Å². The summed E-state index contributed by atoms with van der Waals surface area (Å²) >= 11 is 0. The lowest BCUT2D eigenvalue weighted by molar-refractivity contribution is 0.264. The van der Waals surface area contributed by atoms with Crippen LogP contribution < -0.4 is 0 Å². The van der Waals surface area contributed by atoms with Crippen molar-refractivity contribution in [1.29, 1.82) is 0 Å². The van der Waals surface area contributed by atoms with Gasteiger partial charge in [-0.25, -0.2) is 0 Å². The van der Waals surface area contributed by atoms with Gasteiger partial charge in [-0.1, -0.05) is 61.7 Å². The average molecular weight is 275 g/mol. The van der Waals surface area contributed by atoms with Gasteiger partial charge in [0.1, 0.15) is 0 Å². The highest BCUT2D eigenvalue weighted by molar-refractivity contribution is 5.85. The highest BCUT2D eigenvalue weighted by Crippen LogP contribution is 2.21. The molecule has 0 aliphatic rings. The van der Waals surface area contributed by atoms with Crippen LogP contribution in [0.5, 0.6) is 0 Å². The number of rotatable bonds is 8. The number of halogens is 2. The first-order chi connectivity index (χ1) is 9.77. The first-order valence-corrected chi connectivity index (χ1v) is 7.41. The van der Waals surface area contributed by atoms with Gasteiger partial charge >= 0.3 is 6.43 Å². The predicted octanol–water partition coefficient (Wildman–Crippen LogP) is 6.15. The van der Waals surface area contributed by atoms with Gasteiger partial charge in [-0.3, -0.25) is 0 Å². The fourth-order valence-corrected chi connectivity index (χ4v) is 2.61. The quantitative estimate of drug-likeness (QED) is 0.507. The van der Waals surface area contributed by atoms with E-state index in [-0.39, 0.29) is 6.42 Å². The third-order valence-electron chi connectivity index (χ3n) is 3.69. The summed E-state index contributed by atoms with van der Waals surface area (Å²) in [5.74, 6) is 0. The molecule has 0 aromatic heterocycles. The Hall–Kier alpha value is -1.44. The first-order valence-electron chi connectivity index (χ1n) is 7.41. The van der Waals surface area contributed by atoms with Crippen LogP contribution in [0.2, 0.25) is 0 Å². The number of fused-ring (bicyclic) bond motifs is 1. The third kappa shape index (κ3) is 4.59. The van der Waals surface area contributed by atoms with Gasteiger partial charge in [0.2, 0.25) is 0 Å². The Morgan fingerprint density at radius 1 is 0.750 bits per heavy atom. The van der Waals surface area contributed by atoms with Crippen LogP contribution in [-0.2, 0) is 6.42 Å². The SMILES string of the molecule is F[C](F)CCCCCCCc1cccc2ccccc12. The third-order valence-corrected chi connectivity index (χ3v) is 3.69. The van der Waals surface area contributed by atoms with Gasteiger partial charge < -0.3 is 0 Å². The summed E-state index contributed by atoms with van der Waals surface area (Å²) < 4.78 is 23.8. The molecule has 2 heteroatoms. The molecule has 20 heavy (non-hydrogen) atoms. The summed E-state index contributed by atoms with van der Waals surface area (Å²) in [6.07, 6.45) is 4.46. The van der Waals surface area contributed by atoms with E-state index < -0.39 is 6.43 Å². The minimum atomic E-state index is -1.43. The van der Waals surface area contributed by atoms with Gasteiger partial charge in [-0.15, -0.1) is 0 Å². The summed E-state index contributed by atoms with van der Waals surface area (Å²) in [5.41, 5.74) is 1.39. The summed E-state index contributed by atoms with van der Waals surface area (Å²) in [6.45, 7) is 0. The molecule has 2 rings (SSSR count). The molecule has 0 spiro atoms. The molecule has 0 unspecified atom stereocenters. The van der Waals surface area contributed by atoms with Gasteiger partial charge in [-0.2, -0.15) is 8.78 Å². The second-order valence-electron chi connectivity index (χ2n) is 5.24. The molecule has 0 N–H and O–H groups in total. The van der Waals surface area contributed by atoms with Crippen LogP contribution in [0.4, 0.5) is 8.78 Å². The molecule has 0 heterocycles. The van der Waals surface area contributed by atoms with E-state index in [1.807, 2.05) is 0 Å². The largest absolute Gasteiger partial charge is 0.310 e. The van der Waals surface area contributed by atoms with E-state index in [0.717, 1.165) is 32.1 Å². The maximum absolute atomic E-state index is 11.9. The van der Waals surface area contributed by atoms with Crippen LogP contribution >= 0.6 is 0 Å². The molecule has 0 nitrogen and oxygen atoms in total. The lowest BCUT2D eigenvalue weighted by Crippen LogP contribution is -1.89. The second-order valence-corrected chi connectivity index (χ2v) is 5.24. The summed E-state index contributed by atoms with van der Waals surface area (Å²) in [5, 5.41) is 2.63. The Morgan fingerprint density at radius 3 is 2.30 bits per heavy atom. The monoisotopic (exact) mass is 275 g/mol. The molecular formula is C18H21F2. The van der Waals surface area contributed by atoms with Crippen molar-refractivity contribution < 1.29 is 8.78 Å². The van der Waals surface area contributed by atoms with Gasteiger partial charge in [0, 0.05) is 6.42 Å². The van der Waals surface area contributed by atoms with E-state index in [2.05, 4.69) is 42.5 Å². The fourth-order valence-electron chi connectivity index (χ4n) is 2.61. The molecule has 0 atom stereocenters. The lowest BCUT2D eigenvalue weighted by atomic mass is 9.99. The minimum Gasteiger partial charge on any atom is -0.200 e. The van der Waals surface area contributed by atoms with E-state index in [4.69, 9.17) is 0 Å². The van der Waals surface area contributed by atoms with Crippen molar-refractivity contribution >= 4 is 10.8 Å². The van der Waals surface area contributed by atoms with Crippen molar-refractivity contribution in [3.8, 4) is 0 Å². The Labute approximate surface area is 119 Å². The van der Waals surface area contributed by atoms with Crippen LogP contribution in [0.1, 0.15) is 44.1 Å². The minimum absolute atomic E-state index is 0.0245. The number of aryl methyl sites for hydroxylation is 1. The maximum Gasteiger partial charge on any atom is 0.310 e. The standard InChI is InChI=1S/C18H21F2/c19-18(20)14-5-3-1-2-4-9-15-11-8-12-16-10-6-7-13-17(15)16/h6-8,10-13H,1-5,9,14H2. The predicted molar refractivity (Wildman–Crippen MR) is 80.8 cm³/mol. The molecule has 0 aliphatic carbocycles. The molecule has 0 fully saturated rings. The maximum atomic E-state index is 11.9. The summed E-state index contributed by atoms with van der Waals surface area (Å²) in [6, 6.07) is 14.9. The van der Waals surface area contributed by atoms with E-state index >= 15 is 0 Å². The van der Waals surface area contributed by atoms with E-state index in [9.17, 15) is 8.78 Å². The number of unbranched alkanes of at least 4 members (excludes halogenated alkanes) is 4. The summed E-state index contributed by atoms with van der Waals surface area (Å²) in [4.78, 5) is 0. The Morgan fingerprint density at radius 2 is 1.45 bits per heavy atom. The first kappa shape index (κ1) is 15.0. The zero-order valence-electron chi connectivity index (χ0n) is 11.7. The molecule has 0 saturated heterocycles. The molecule has 2 aromatic rings. The van der Waals surface area contributed by atoms with Gasteiger partial charge in [-0.05, 0) is 35.6 Å². The lowest BCUT2D eigenvalue weighted by Gasteiger charge is -2.06. The Bertz CT molecular complexity index is 514.